The molecule has 0 aliphatic carbocycles. The van der Waals surface area contributed by atoms with Crippen LogP contribution in [0.3, 0.4) is 0 Å². The quantitative estimate of drug-likeness (QED) is 0.478. The van der Waals surface area contributed by atoms with Gasteiger partial charge in [0, 0.05) is 6.20 Å². The van der Waals surface area contributed by atoms with E-state index in [2.05, 4.69) is 9.72 Å². The Hall–Kier alpha value is -0.860. The van der Waals surface area contributed by atoms with E-state index in [1.54, 1.807) is 22.6 Å². The summed E-state index contributed by atoms with van der Waals surface area (Å²) in [5, 5.41) is 0. The third-order valence-corrected chi connectivity index (χ3v) is 2.10. The Morgan fingerprint density at radius 1 is 1.50 bits per heavy atom. The lowest BCUT2D eigenvalue weighted by Crippen LogP contribution is -2.18. The van der Waals surface area contributed by atoms with Crippen molar-refractivity contribution in [3.63, 3.8) is 0 Å². The molecule has 0 bridgehead atoms. The molecule has 0 N–H and O–H groups in total. The molecule has 14 heavy (non-hydrogen) atoms. The summed E-state index contributed by atoms with van der Waals surface area (Å²) in [6.45, 7) is 0. The summed E-state index contributed by atoms with van der Waals surface area (Å²) < 4.78 is 39.3. The van der Waals surface area contributed by atoms with E-state index in [1.165, 1.54) is 0 Å². The van der Waals surface area contributed by atoms with Gasteiger partial charge in [-0.15, -0.1) is 13.2 Å². The molecule has 0 unspecified atom stereocenters. The third kappa shape index (κ3) is 2.82. The van der Waals surface area contributed by atoms with Crippen molar-refractivity contribution >= 4 is 28.9 Å². The predicted molar refractivity (Wildman–Crippen MR) is 49.0 cm³/mol. The molecule has 0 aliphatic heterocycles. The highest BCUT2D eigenvalue weighted by molar-refractivity contribution is 14.1. The maximum atomic E-state index is 11.8. The van der Waals surface area contributed by atoms with Crippen molar-refractivity contribution in [3.05, 3.63) is 21.5 Å². The van der Waals surface area contributed by atoms with Gasteiger partial charge in [0.1, 0.15) is 9.45 Å². The lowest BCUT2D eigenvalue weighted by atomic mass is 10.3. The number of carbonyl (C=O) groups is 1. The second-order valence-corrected chi connectivity index (χ2v) is 3.20. The summed E-state index contributed by atoms with van der Waals surface area (Å²) in [7, 11) is 0. The maximum absolute atomic E-state index is 11.8. The van der Waals surface area contributed by atoms with Gasteiger partial charge in [-0.25, -0.2) is 4.98 Å². The monoisotopic (exact) mass is 317 g/mol. The first-order chi connectivity index (χ1) is 6.44. The zero-order valence-electron chi connectivity index (χ0n) is 6.51. The van der Waals surface area contributed by atoms with Crippen molar-refractivity contribution in [2.45, 2.75) is 6.36 Å². The van der Waals surface area contributed by atoms with Gasteiger partial charge in [-0.1, -0.05) is 0 Å². The summed E-state index contributed by atoms with van der Waals surface area (Å²) in [4.78, 5) is 14.1. The molecule has 0 aliphatic rings. The summed E-state index contributed by atoms with van der Waals surface area (Å²) >= 11 is 1.65. The van der Waals surface area contributed by atoms with E-state index in [9.17, 15) is 18.0 Å². The molecule has 0 atom stereocenters. The maximum Gasteiger partial charge on any atom is 0.573 e. The van der Waals surface area contributed by atoms with Crippen LogP contribution >= 0.6 is 22.6 Å². The molecular weight excluding hydrogens is 314 g/mol. The van der Waals surface area contributed by atoms with Crippen LogP contribution in [0.5, 0.6) is 5.75 Å². The number of pyridine rings is 1. The van der Waals surface area contributed by atoms with Gasteiger partial charge in [-0.2, -0.15) is 0 Å². The molecule has 1 heterocycles. The highest BCUT2D eigenvalue weighted by Crippen LogP contribution is 2.26. The zero-order chi connectivity index (χ0) is 10.8. The number of aromatic nitrogens is 1. The molecule has 0 fully saturated rings. The Balaban J connectivity index is 3.08. The number of hydrogen-bond acceptors (Lipinski definition) is 3. The number of rotatable bonds is 2. The first kappa shape index (κ1) is 11.2. The van der Waals surface area contributed by atoms with Crippen LogP contribution in [-0.2, 0) is 0 Å². The van der Waals surface area contributed by atoms with Crippen molar-refractivity contribution in [2.24, 2.45) is 0 Å². The van der Waals surface area contributed by atoms with Gasteiger partial charge >= 0.3 is 6.36 Å². The van der Waals surface area contributed by atoms with Gasteiger partial charge in [0.2, 0.25) is 0 Å². The number of aldehydes is 1. The van der Waals surface area contributed by atoms with Crippen molar-refractivity contribution < 1.29 is 22.7 Å². The molecule has 0 spiro atoms. The van der Waals surface area contributed by atoms with Crippen LogP contribution in [0, 0.1) is 3.70 Å². The minimum atomic E-state index is -4.80. The van der Waals surface area contributed by atoms with E-state index in [0.717, 1.165) is 12.3 Å². The molecule has 76 valence electrons. The van der Waals surface area contributed by atoms with Crippen LogP contribution in [0.25, 0.3) is 0 Å². The first-order valence-corrected chi connectivity index (χ1v) is 4.37. The Bertz CT molecular complexity index is 353. The second-order valence-electron chi connectivity index (χ2n) is 2.18. The highest BCUT2D eigenvalue weighted by atomic mass is 127. The van der Waals surface area contributed by atoms with Crippen LogP contribution in [-0.4, -0.2) is 17.6 Å². The van der Waals surface area contributed by atoms with Crippen molar-refractivity contribution in [1.82, 2.24) is 4.98 Å². The normalized spacial score (nSPS) is 11.1. The van der Waals surface area contributed by atoms with E-state index < -0.39 is 12.1 Å². The fourth-order valence-corrected chi connectivity index (χ4v) is 1.31. The van der Waals surface area contributed by atoms with Crippen molar-refractivity contribution in [2.75, 3.05) is 0 Å². The Morgan fingerprint density at radius 3 is 2.64 bits per heavy atom. The number of nitrogens with zero attached hydrogens (tertiary/aromatic N) is 1. The van der Waals surface area contributed by atoms with Gasteiger partial charge in [-0.3, -0.25) is 4.79 Å². The van der Waals surface area contributed by atoms with E-state index in [-0.39, 0.29) is 15.6 Å². The summed E-state index contributed by atoms with van der Waals surface area (Å²) in [5.74, 6) is -0.535. The second kappa shape index (κ2) is 4.11. The standard InChI is InChI=1S/C7H3F3INO2/c8-7(9,10)14-5-1-2-12-6(11)4(5)3-13/h1-3H. The molecule has 7 heteroatoms. The van der Waals surface area contributed by atoms with Gasteiger partial charge < -0.3 is 4.74 Å². The summed E-state index contributed by atoms with van der Waals surface area (Å²) in [6.07, 6.45) is -3.39. The smallest absolute Gasteiger partial charge is 0.405 e. The molecule has 0 amide bonds. The Labute approximate surface area is 90.4 Å². The molecule has 0 saturated carbocycles. The Kier molecular flexibility index (Phi) is 3.29. The first-order valence-electron chi connectivity index (χ1n) is 3.29. The van der Waals surface area contributed by atoms with Crippen LogP contribution in [0.15, 0.2) is 12.3 Å². The van der Waals surface area contributed by atoms with E-state index in [0.29, 0.717) is 0 Å². The van der Waals surface area contributed by atoms with Crippen molar-refractivity contribution in [3.8, 4) is 5.75 Å². The minimum Gasteiger partial charge on any atom is -0.405 e. The molecule has 3 nitrogen and oxygen atoms in total. The lowest BCUT2D eigenvalue weighted by molar-refractivity contribution is -0.274. The van der Waals surface area contributed by atoms with E-state index >= 15 is 0 Å². The zero-order valence-corrected chi connectivity index (χ0v) is 8.67. The van der Waals surface area contributed by atoms with E-state index in [1.807, 2.05) is 0 Å². The highest BCUT2D eigenvalue weighted by Gasteiger charge is 2.32. The van der Waals surface area contributed by atoms with Crippen molar-refractivity contribution in [1.29, 1.82) is 0 Å². The Morgan fingerprint density at radius 2 is 2.14 bits per heavy atom. The van der Waals surface area contributed by atoms with Crippen LogP contribution in [0.4, 0.5) is 13.2 Å². The van der Waals surface area contributed by atoms with Gasteiger partial charge in [0.15, 0.2) is 6.29 Å². The lowest BCUT2D eigenvalue weighted by Gasteiger charge is -2.10. The summed E-state index contributed by atoms with van der Waals surface area (Å²) in [5.41, 5.74) is -0.203. The van der Waals surface area contributed by atoms with Gasteiger partial charge in [0.05, 0.1) is 5.56 Å². The van der Waals surface area contributed by atoms with Crippen LogP contribution in [0.1, 0.15) is 10.4 Å². The summed E-state index contributed by atoms with van der Waals surface area (Å²) in [6, 6.07) is 0.986. The van der Waals surface area contributed by atoms with Crippen LogP contribution < -0.4 is 4.74 Å². The molecule has 0 radical (unpaired) electrons. The molecular formula is C7H3F3INO2. The SMILES string of the molecule is O=Cc1c(OC(F)(F)F)ccnc1I. The van der Waals surface area contributed by atoms with Crippen LogP contribution in [0.2, 0.25) is 0 Å². The molecule has 0 aromatic carbocycles. The fourth-order valence-electron chi connectivity index (χ4n) is 0.752. The average molecular weight is 317 g/mol. The topological polar surface area (TPSA) is 39.2 Å². The number of carbonyl (C=O) groups excluding carboxylic acids is 1. The van der Waals surface area contributed by atoms with E-state index in [4.69, 9.17) is 0 Å². The molecule has 1 rings (SSSR count). The van der Waals surface area contributed by atoms with Gasteiger partial charge in [0.25, 0.3) is 0 Å². The molecule has 1 aromatic rings. The third-order valence-electron chi connectivity index (χ3n) is 1.25. The number of halogens is 4. The number of ether oxygens (including phenoxy) is 1. The molecule has 0 saturated heterocycles. The number of hydrogen-bond donors (Lipinski definition) is 0. The minimum absolute atomic E-state index is 0.166. The average Bonchev–Trinajstić information content (AvgIpc) is 2.01. The largest absolute Gasteiger partial charge is 0.573 e. The predicted octanol–water partition coefficient (Wildman–Crippen LogP) is 2.40. The number of alkyl halides is 3. The molecule has 1 aromatic heterocycles. The fraction of sp³-hybridized carbons (Fsp3) is 0.143. The van der Waals surface area contributed by atoms with Gasteiger partial charge in [-0.05, 0) is 28.7 Å².